The van der Waals surface area contributed by atoms with Crippen molar-refractivity contribution in [1.29, 1.82) is 0 Å². The Labute approximate surface area is 83.5 Å². The van der Waals surface area contributed by atoms with Gasteiger partial charge >= 0.3 is 16.3 Å². The van der Waals surface area contributed by atoms with Gasteiger partial charge in [-0.05, 0) is 24.3 Å². The van der Waals surface area contributed by atoms with Gasteiger partial charge in [0.2, 0.25) is 0 Å². The van der Waals surface area contributed by atoms with Gasteiger partial charge in [-0.1, -0.05) is 0 Å². The molecule has 0 aliphatic rings. The minimum absolute atomic E-state index is 0.432. The number of hydrogen-bond acceptors (Lipinski definition) is 4. The lowest BCUT2D eigenvalue weighted by Crippen LogP contribution is -2.12. The zero-order valence-electron chi connectivity index (χ0n) is 7.15. The highest BCUT2D eigenvalue weighted by atomic mass is 32.2. The summed E-state index contributed by atoms with van der Waals surface area (Å²) in [4.78, 5) is -0.432. The highest BCUT2D eigenvalue weighted by molar-refractivity contribution is 7.86. The van der Waals surface area contributed by atoms with Gasteiger partial charge in [-0.3, -0.25) is 0 Å². The van der Waals surface area contributed by atoms with Gasteiger partial charge in [0.1, 0.15) is 0 Å². The summed E-state index contributed by atoms with van der Waals surface area (Å²) in [6.45, 7) is 0. The minimum atomic E-state index is -4.51. The van der Waals surface area contributed by atoms with Crippen molar-refractivity contribution in [3.63, 3.8) is 0 Å². The van der Waals surface area contributed by atoms with Gasteiger partial charge in [0.05, 0.1) is 10.5 Å². The summed E-state index contributed by atoms with van der Waals surface area (Å²) in [5.74, 6) is 4.45. The normalized spacial score (nSPS) is 12.8. The number of rotatable bonds is 2. The molecule has 84 valence electrons. The maximum atomic E-state index is 12.1. The third-order valence-corrected chi connectivity index (χ3v) is 2.70. The molecule has 0 saturated heterocycles. The molecule has 0 fully saturated rings. The molecule has 4 nitrogen and oxygen atoms in total. The fourth-order valence-electron chi connectivity index (χ4n) is 0.866. The van der Waals surface area contributed by atoms with Gasteiger partial charge in [-0.15, -0.1) is 0 Å². The zero-order chi connectivity index (χ0) is 11.7. The fraction of sp³-hybridized carbons (Fsp3) is 0.143. The first-order valence-corrected chi connectivity index (χ1v) is 4.99. The molecule has 0 amide bonds. The van der Waals surface area contributed by atoms with Crippen molar-refractivity contribution in [2.45, 2.75) is 11.1 Å². The summed E-state index contributed by atoms with van der Waals surface area (Å²) in [6.07, 6.45) is -4.51. The first-order valence-electron chi connectivity index (χ1n) is 3.58. The van der Waals surface area contributed by atoms with Crippen LogP contribution in [0.25, 0.3) is 0 Å². The van der Waals surface area contributed by atoms with Crippen molar-refractivity contribution < 1.29 is 25.9 Å². The van der Waals surface area contributed by atoms with Crippen LogP contribution in [0.5, 0.6) is 0 Å². The van der Waals surface area contributed by atoms with Crippen LogP contribution < -0.4 is 5.90 Å². The van der Waals surface area contributed by atoms with E-state index in [-0.39, 0.29) is 0 Å². The molecule has 0 aliphatic carbocycles. The molecule has 0 spiro atoms. The van der Waals surface area contributed by atoms with E-state index in [1.54, 1.807) is 0 Å². The van der Waals surface area contributed by atoms with Crippen molar-refractivity contribution in [3.05, 3.63) is 29.8 Å². The number of nitrogens with two attached hydrogens (primary N) is 1. The van der Waals surface area contributed by atoms with E-state index in [1.165, 1.54) is 0 Å². The Morgan fingerprint density at radius 3 is 1.93 bits per heavy atom. The Kier molecular flexibility index (Phi) is 3.03. The first kappa shape index (κ1) is 12.0. The molecule has 8 heteroatoms. The average Bonchev–Trinajstić information content (AvgIpc) is 2.17. The summed E-state index contributed by atoms with van der Waals surface area (Å²) < 4.78 is 61.8. The summed E-state index contributed by atoms with van der Waals surface area (Å²) >= 11 is 0. The standard InChI is InChI=1S/C7H6F3NO3S/c8-7(9,10)5-1-3-6(4-2-5)15(12,13)14-11/h1-4H,11H2. The SMILES string of the molecule is NOS(=O)(=O)c1ccc(C(F)(F)F)cc1. The van der Waals surface area contributed by atoms with Gasteiger partial charge in [-0.2, -0.15) is 31.8 Å². The Morgan fingerprint density at radius 2 is 1.60 bits per heavy atom. The molecule has 1 aromatic carbocycles. The monoisotopic (exact) mass is 241 g/mol. The van der Waals surface area contributed by atoms with E-state index in [9.17, 15) is 21.6 Å². The van der Waals surface area contributed by atoms with Crippen LogP contribution in [0.1, 0.15) is 5.56 Å². The second kappa shape index (κ2) is 3.80. The van der Waals surface area contributed by atoms with Crippen molar-refractivity contribution in [2.24, 2.45) is 5.90 Å². The number of halogens is 3. The summed E-state index contributed by atoms with van der Waals surface area (Å²) in [6, 6.07) is 2.80. The van der Waals surface area contributed by atoms with Crippen LogP contribution >= 0.6 is 0 Å². The molecule has 1 rings (SSSR count). The van der Waals surface area contributed by atoms with Crippen LogP contribution in [0.3, 0.4) is 0 Å². The van der Waals surface area contributed by atoms with Crippen LogP contribution in [0.2, 0.25) is 0 Å². The van der Waals surface area contributed by atoms with E-state index >= 15 is 0 Å². The van der Waals surface area contributed by atoms with Crippen LogP contribution in [0.15, 0.2) is 29.2 Å². The minimum Gasteiger partial charge on any atom is -0.197 e. The van der Waals surface area contributed by atoms with Crippen LogP contribution in [0, 0.1) is 0 Å². The predicted molar refractivity (Wildman–Crippen MR) is 43.9 cm³/mol. The maximum absolute atomic E-state index is 12.1. The lowest BCUT2D eigenvalue weighted by molar-refractivity contribution is -0.137. The molecule has 0 unspecified atom stereocenters. The number of benzene rings is 1. The largest absolute Gasteiger partial charge is 0.416 e. The van der Waals surface area contributed by atoms with E-state index < -0.39 is 26.8 Å². The van der Waals surface area contributed by atoms with Crippen molar-refractivity contribution in [2.75, 3.05) is 0 Å². The lowest BCUT2D eigenvalue weighted by atomic mass is 10.2. The molecule has 0 atom stereocenters. The molecular weight excluding hydrogens is 235 g/mol. The number of hydrogen-bond donors (Lipinski definition) is 1. The Hall–Kier alpha value is -1.12. The maximum Gasteiger partial charge on any atom is 0.416 e. The van der Waals surface area contributed by atoms with Gasteiger partial charge in [0, 0.05) is 0 Å². The third-order valence-electron chi connectivity index (χ3n) is 1.60. The molecule has 0 bridgehead atoms. The van der Waals surface area contributed by atoms with Gasteiger partial charge in [0.15, 0.2) is 0 Å². The Balaban J connectivity index is 3.12. The highest BCUT2D eigenvalue weighted by Gasteiger charge is 2.30. The third kappa shape index (κ3) is 2.67. The highest BCUT2D eigenvalue weighted by Crippen LogP contribution is 2.29. The second-order valence-corrected chi connectivity index (χ2v) is 4.14. The molecule has 0 aromatic heterocycles. The number of alkyl halides is 3. The molecule has 0 radical (unpaired) electrons. The van der Waals surface area contributed by atoms with Crippen molar-refractivity contribution in [1.82, 2.24) is 0 Å². The fourth-order valence-corrected chi connectivity index (χ4v) is 1.45. The van der Waals surface area contributed by atoms with Crippen molar-refractivity contribution in [3.8, 4) is 0 Å². The average molecular weight is 241 g/mol. The zero-order valence-corrected chi connectivity index (χ0v) is 7.97. The Morgan fingerprint density at radius 1 is 1.13 bits per heavy atom. The summed E-state index contributed by atoms with van der Waals surface area (Å²) in [7, 11) is -4.15. The van der Waals surface area contributed by atoms with Gasteiger partial charge < -0.3 is 0 Å². The Bertz CT molecular complexity index is 438. The van der Waals surface area contributed by atoms with E-state index in [0.29, 0.717) is 12.1 Å². The first-order chi connectivity index (χ1) is 6.77. The summed E-state index contributed by atoms with van der Waals surface area (Å²) in [5.41, 5.74) is -0.946. The molecule has 0 aliphatic heterocycles. The quantitative estimate of drug-likeness (QED) is 0.792. The lowest BCUT2D eigenvalue weighted by Gasteiger charge is -2.06. The molecule has 1 aromatic rings. The topological polar surface area (TPSA) is 69.4 Å². The second-order valence-electron chi connectivity index (χ2n) is 2.57. The molecule has 0 saturated carbocycles. The van der Waals surface area contributed by atoms with Crippen LogP contribution in [-0.2, 0) is 20.6 Å². The smallest absolute Gasteiger partial charge is 0.197 e. The summed E-state index contributed by atoms with van der Waals surface area (Å²) in [5, 5.41) is 0. The van der Waals surface area contributed by atoms with Gasteiger partial charge in [0.25, 0.3) is 0 Å². The van der Waals surface area contributed by atoms with Crippen LogP contribution in [-0.4, -0.2) is 8.42 Å². The predicted octanol–water partition coefficient (Wildman–Crippen LogP) is 1.28. The molecule has 15 heavy (non-hydrogen) atoms. The molecular formula is C7H6F3NO3S. The van der Waals surface area contributed by atoms with E-state index in [0.717, 1.165) is 12.1 Å². The van der Waals surface area contributed by atoms with Crippen LogP contribution in [0.4, 0.5) is 13.2 Å². The van der Waals surface area contributed by atoms with E-state index in [2.05, 4.69) is 10.2 Å². The molecule has 0 heterocycles. The van der Waals surface area contributed by atoms with E-state index in [4.69, 9.17) is 0 Å². The van der Waals surface area contributed by atoms with Gasteiger partial charge in [-0.25, -0.2) is 0 Å². The van der Waals surface area contributed by atoms with E-state index in [1.807, 2.05) is 0 Å². The van der Waals surface area contributed by atoms with Crippen molar-refractivity contribution >= 4 is 10.1 Å². The molecule has 2 N–H and O–H groups in total.